The Morgan fingerprint density at radius 2 is 1.62 bits per heavy atom. The first kappa shape index (κ1) is 18.4. The summed E-state index contributed by atoms with van der Waals surface area (Å²) in [5, 5.41) is 0. The minimum absolute atomic E-state index is 0.0952. The molecule has 0 atom stereocenters. The molecule has 0 aliphatic carbocycles. The van der Waals surface area contributed by atoms with Gasteiger partial charge in [-0.1, -0.05) is 42.5 Å². The highest BCUT2D eigenvalue weighted by Gasteiger charge is 2.33. The summed E-state index contributed by atoms with van der Waals surface area (Å²) in [4.78, 5) is 13.8. The van der Waals surface area contributed by atoms with Gasteiger partial charge in [0, 0.05) is 38.0 Å². The van der Waals surface area contributed by atoms with E-state index in [1.165, 1.54) is 0 Å². The van der Waals surface area contributed by atoms with Crippen molar-refractivity contribution in [3.8, 4) is 0 Å². The number of esters is 1. The van der Waals surface area contributed by atoms with Crippen LogP contribution in [0, 0.1) is 0 Å². The van der Waals surface area contributed by atoms with Crippen LogP contribution in [-0.4, -0.2) is 25.0 Å². The van der Waals surface area contributed by atoms with Gasteiger partial charge in [-0.3, -0.25) is 4.79 Å². The van der Waals surface area contributed by atoms with E-state index < -0.39 is 5.92 Å². The van der Waals surface area contributed by atoms with Gasteiger partial charge in [-0.15, -0.1) is 0 Å². The van der Waals surface area contributed by atoms with Gasteiger partial charge in [0.15, 0.2) is 0 Å². The average molecular weight is 359 g/mol. The molecule has 1 aliphatic rings. The predicted octanol–water partition coefficient (Wildman–Crippen LogP) is 4.60. The summed E-state index contributed by atoms with van der Waals surface area (Å²) < 4.78 is 31.7. The molecular formula is C21H23F2NO2. The maximum atomic E-state index is 13.2. The lowest BCUT2D eigenvalue weighted by atomic mass is 10.0. The molecule has 5 heteroatoms. The lowest BCUT2D eigenvalue weighted by Crippen LogP contribution is -2.39. The molecule has 3 nitrogen and oxygen atoms in total. The van der Waals surface area contributed by atoms with Gasteiger partial charge in [-0.05, 0) is 29.7 Å². The second-order valence-corrected chi connectivity index (χ2v) is 6.66. The highest BCUT2D eigenvalue weighted by atomic mass is 19.3. The molecule has 3 rings (SSSR count). The van der Waals surface area contributed by atoms with Crippen LogP contribution in [0.1, 0.15) is 30.4 Å². The molecule has 0 N–H and O–H groups in total. The second-order valence-electron chi connectivity index (χ2n) is 6.66. The monoisotopic (exact) mass is 359 g/mol. The summed E-state index contributed by atoms with van der Waals surface area (Å²) in [5.74, 6) is -2.76. The number of aryl methyl sites for hydroxylation is 1. The standard InChI is InChI=1S/C21H23F2NO2/c22-21(23)12-14-24(15-13-21)19-9-6-17(7-10-19)8-11-20(25)26-16-18-4-2-1-3-5-18/h1-7,9-10H,8,11-16H2. The summed E-state index contributed by atoms with van der Waals surface area (Å²) in [5.41, 5.74) is 2.96. The number of piperidine rings is 1. The number of hydrogen-bond donors (Lipinski definition) is 0. The van der Waals surface area contributed by atoms with Crippen LogP contribution in [0.4, 0.5) is 14.5 Å². The summed E-state index contributed by atoms with van der Waals surface area (Å²) in [6.45, 7) is 1.04. The van der Waals surface area contributed by atoms with Crippen molar-refractivity contribution in [1.82, 2.24) is 0 Å². The van der Waals surface area contributed by atoms with Crippen LogP contribution in [0.15, 0.2) is 54.6 Å². The van der Waals surface area contributed by atoms with E-state index in [4.69, 9.17) is 4.74 Å². The van der Waals surface area contributed by atoms with Crippen molar-refractivity contribution in [2.45, 2.75) is 38.2 Å². The van der Waals surface area contributed by atoms with Crippen LogP contribution in [0.3, 0.4) is 0 Å². The minimum atomic E-state index is -2.53. The van der Waals surface area contributed by atoms with Crippen molar-refractivity contribution in [2.75, 3.05) is 18.0 Å². The molecule has 1 aliphatic heterocycles. The van der Waals surface area contributed by atoms with Crippen molar-refractivity contribution < 1.29 is 18.3 Å². The zero-order valence-electron chi connectivity index (χ0n) is 14.7. The Hall–Kier alpha value is -2.43. The number of benzene rings is 2. The summed E-state index contributed by atoms with van der Waals surface area (Å²) >= 11 is 0. The molecule has 1 heterocycles. The third-order valence-corrected chi connectivity index (χ3v) is 4.66. The average Bonchev–Trinajstić information content (AvgIpc) is 2.66. The Labute approximate surface area is 152 Å². The fourth-order valence-electron chi connectivity index (χ4n) is 3.02. The normalized spacial score (nSPS) is 16.3. The zero-order valence-corrected chi connectivity index (χ0v) is 14.7. The molecule has 1 saturated heterocycles. The number of alkyl halides is 2. The highest BCUT2D eigenvalue weighted by Crippen LogP contribution is 2.30. The van der Waals surface area contributed by atoms with E-state index in [2.05, 4.69) is 0 Å². The summed E-state index contributed by atoms with van der Waals surface area (Å²) in [7, 11) is 0. The molecule has 26 heavy (non-hydrogen) atoms. The van der Waals surface area contributed by atoms with E-state index in [0.717, 1.165) is 16.8 Å². The van der Waals surface area contributed by atoms with Crippen LogP contribution in [0.25, 0.3) is 0 Å². The smallest absolute Gasteiger partial charge is 0.306 e. The number of carbonyl (C=O) groups is 1. The highest BCUT2D eigenvalue weighted by molar-refractivity contribution is 5.69. The number of halogens is 2. The lowest BCUT2D eigenvalue weighted by molar-refractivity contribution is -0.144. The SMILES string of the molecule is O=C(CCc1ccc(N2CCC(F)(F)CC2)cc1)OCc1ccccc1. The molecule has 0 radical (unpaired) electrons. The third-order valence-electron chi connectivity index (χ3n) is 4.66. The van der Waals surface area contributed by atoms with E-state index in [1.54, 1.807) is 0 Å². The van der Waals surface area contributed by atoms with Crippen molar-refractivity contribution in [2.24, 2.45) is 0 Å². The molecule has 2 aromatic rings. The first-order valence-corrected chi connectivity index (χ1v) is 8.93. The Bertz CT molecular complexity index is 707. The van der Waals surface area contributed by atoms with Crippen LogP contribution in [0.5, 0.6) is 0 Å². The van der Waals surface area contributed by atoms with Gasteiger partial charge in [-0.2, -0.15) is 0 Å². The van der Waals surface area contributed by atoms with Gasteiger partial charge in [-0.25, -0.2) is 8.78 Å². The fourth-order valence-corrected chi connectivity index (χ4v) is 3.02. The van der Waals surface area contributed by atoms with E-state index in [0.29, 0.717) is 25.9 Å². The van der Waals surface area contributed by atoms with Gasteiger partial charge >= 0.3 is 5.97 Å². The molecule has 0 aromatic heterocycles. The molecule has 138 valence electrons. The van der Waals surface area contributed by atoms with E-state index in [9.17, 15) is 13.6 Å². The molecule has 1 fully saturated rings. The Balaban J connectivity index is 1.43. The number of anilines is 1. The van der Waals surface area contributed by atoms with E-state index in [1.807, 2.05) is 59.5 Å². The predicted molar refractivity (Wildman–Crippen MR) is 97.4 cm³/mol. The molecule has 0 saturated carbocycles. The zero-order chi connectivity index (χ0) is 18.4. The minimum Gasteiger partial charge on any atom is -0.461 e. The molecule has 0 bridgehead atoms. The van der Waals surface area contributed by atoms with Crippen LogP contribution >= 0.6 is 0 Å². The lowest BCUT2D eigenvalue weighted by Gasteiger charge is -2.33. The summed E-state index contributed by atoms with van der Waals surface area (Å²) in [6.07, 6.45) is 0.734. The van der Waals surface area contributed by atoms with Gasteiger partial charge in [0.25, 0.3) is 5.92 Å². The quantitative estimate of drug-likeness (QED) is 0.706. The van der Waals surface area contributed by atoms with Gasteiger partial charge in [0.2, 0.25) is 0 Å². The maximum Gasteiger partial charge on any atom is 0.306 e. The molecule has 0 spiro atoms. The van der Waals surface area contributed by atoms with Crippen LogP contribution in [-0.2, 0) is 22.6 Å². The largest absolute Gasteiger partial charge is 0.461 e. The van der Waals surface area contributed by atoms with E-state index >= 15 is 0 Å². The Morgan fingerprint density at radius 1 is 0.962 bits per heavy atom. The maximum absolute atomic E-state index is 13.2. The van der Waals surface area contributed by atoms with Gasteiger partial charge in [0.05, 0.1) is 0 Å². The van der Waals surface area contributed by atoms with Crippen molar-refractivity contribution >= 4 is 11.7 Å². The van der Waals surface area contributed by atoms with Gasteiger partial charge < -0.3 is 9.64 Å². The van der Waals surface area contributed by atoms with Crippen LogP contribution < -0.4 is 4.90 Å². The van der Waals surface area contributed by atoms with Crippen molar-refractivity contribution in [3.05, 3.63) is 65.7 Å². The first-order valence-electron chi connectivity index (χ1n) is 8.93. The molecule has 0 unspecified atom stereocenters. The number of rotatable bonds is 6. The van der Waals surface area contributed by atoms with Crippen molar-refractivity contribution in [3.63, 3.8) is 0 Å². The number of hydrogen-bond acceptors (Lipinski definition) is 3. The molecule has 0 amide bonds. The number of ether oxygens (including phenoxy) is 1. The van der Waals surface area contributed by atoms with Gasteiger partial charge in [0.1, 0.15) is 6.61 Å². The number of nitrogens with zero attached hydrogens (tertiary/aromatic N) is 1. The van der Waals surface area contributed by atoms with Crippen LogP contribution in [0.2, 0.25) is 0 Å². The topological polar surface area (TPSA) is 29.5 Å². The van der Waals surface area contributed by atoms with Crippen molar-refractivity contribution in [1.29, 1.82) is 0 Å². The fraction of sp³-hybridized carbons (Fsp3) is 0.381. The first-order chi connectivity index (χ1) is 12.5. The Kier molecular flexibility index (Phi) is 5.86. The number of carbonyl (C=O) groups excluding carboxylic acids is 1. The Morgan fingerprint density at radius 3 is 2.27 bits per heavy atom. The molecule has 2 aromatic carbocycles. The second kappa shape index (κ2) is 8.30. The summed E-state index contributed by atoms with van der Waals surface area (Å²) in [6, 6.07) is 17.4. The van der Waals surface area contributed by atoms with E-state index in [-0.39, 0.29) is 25.4 Å². The molecular weight excluding hydrogens is 336 g/mol. The third kappa shape index (κ3) is 5.28.